The zero-order chi connectivity index (χ0) is 8.97. The van der Waals surface area contributed by atoms with Gasteiger partial charge in [-0.2, -0.15) is 0 Å². The van der Waals surface area contributed by atoms with Crippen molar-refractivity contribution >= 4 is 15.9 Å². The molecule has 0 fully saturated rings. The molecule has 2 heteroatoms. The van der Waals surface area contributed by atoms with Crippen molar-refractivity contribution in [2.24, 2.45) is 0 Å². The van der Waals surface area contributed by atoms with Crippen molar-refractivity contribution in [3.63, 3.8) is 0 Å². The highest BCUT2D eigenvalue weighted by molar-refractivity contribution is 9.10. The second-order valence-electron chi connectivity index (χ2n) is 2.79. The van der Waals surface area contributed by atoms with E-state index in [9.17, 15) is 0 Å². The Hall–Kier alpha value is -0.340. The van der Waals surface area contributed by atoms with E-state index in [4.69, 9.17) is 4.74 Å². The van der Waals surface area contributed by atoms with Gasteiger partial charge in [0.05, 0.1) is 12.7 Å². The summed E-state index contributed by atoms with van der Waals surface area (Å²) in [5.74, 6) is 0. The van der Waals surface area contributed by atoms with Gasteiger partial charge in [-0.3, -0.25) is 0 Å². The molecule has 0 saturated carbocycles. The van der Waals surface area contributed by atoms with E-state index in [1.165, 1.54) is 5.56 Å². The highest BCUT2D eigenvalue weighted by Gasteiger charge is 1.99. The fourth-order valence-electron chi connectivity index (χ4n) is 0.838. The van der Waals surface area contributed by atoms with Gasteiger partial charge in [0.25, 0.3) is 0 Å². The molecule has 0 aliphatic carbocycles. The molecule has 12 heavy (non-hydrogen) atoms. The van der Waals surface area contributed by atoms with Crippen LogP contribution in [0, 0.1) is 6.10 Å². The quantitative estimate of drug-likeness (QED) is 0.768. The van der Waals surface area contributed by atoms with Crippen LogP contribution in [0.25, 0.3) is 0 Å². The number of benzene rings is 1. The maximum absolute atomic E-state index is 5.40. The van der Waals surface area contributed by atoms with Crippen molar-refractivity contribution in [2.45, 2.75) is 20.5 Å². The van der Waals surface area contributed by atoms with Crippen molar-refractivity contribution in [3.05, 3.63) is 40.4 Å². The van der Waals surface area contributed by atoms with E-state index in [-0.39, 0.29) is 0 Å². The minimum Gasteiger partial charge on any atom is -0.368 e. The molecule has 0 N–H and O–H groups in total. The van der Waals surface area contributed by atoms with Gasteiger partial charge in [0.2, 0.25) is 0 Å². The van der Waals surface area contributed by atoms with Gasteiger partial charge in [-0.25, -0.2) is 0 Å². The standard InChI is InChI=1S/C10H12BrO/c1-8(2)12-7-9-5-3-4-6-10(9)11/h3-6H,7H2,1-2H3. The average molecular weight is 228 g/mol. The summed E-state index contributed by atoms with van der Waals surface area (Å²) < 4.78 is 6.50. The molecule has 65 valence electrons. The molecule has 0 aliphatic heterocycles. The summed E-state index contributed by atoms with van der Waals surface area (Å²) in [5.41, 5.74) is 1.18. The first-order valence-corrected chi connectivity index (χ1v) is 4.66. The average Bonchev–Trinajstić information content (AvgIpc) is 2.03. The van der Waals surface area contributed by atoms with Crippen LogP contribution in [0.3, 0.4) is 0 Å². The minimum absolute atomic E-state index is 0.643. The summed E-state index contributed by atoms with van der Waals surface area (Å²) >= 11 is 3.46. The predicted octanol–water partition coefficient (Wildman–Crippen LogP) is 3.54. The second kappa shape index (κ2) is 4.63. The number of hydrogen-bond donors (Lipinski definition) is 0. The first-order chi connectivity index (χ1) is 5.70. The Bertz CT molecular complexity index is 245. The van der Waals surface area contributed by atoms with Crippen LogP contribution in [0.1, 0.15) is 19.4 Å². The van der Waals surface area contributed by atoms with Crippen LogP contribution in [-0.2, 0) is 11.3 Å². The molecule has 1 aromatic carbocycles. The summed E-state index contributed by atoms with van der Waals surface area (Å²) in [5, 5.41) is 0. The van der Waals surface area contributed by atoms with Gasteiger partial charge in [0.1, 0.15) is 0 Å². The SMILES string of the molecule is C[C](C)OCc1ccccc1Br. The van der Waals surface area contributed by atoms with Gasteiger partial charge in [-0.05, 0) is 25.5 Å². The molecule has 0 spiro atoms. The van der Waals surface area contributed by atoms with E-state index in [1.807, 2.05) is 38.1 Å². The Morgan fingerprint density at radius 1 is 1.33 bits per heavy atom. The first-order valence-electron chi connectivity index (χ1n) is 3.86. The van der Waals surface area contributed by atoms with Crippen LogP contribution in [0.2, 0.25) is 0 Å². The summed E-state index contributed by atoms with van der Waals surface area (Å²) in [4.78, 5) is 0. The summed E-state index contributed by atoms with van der Waals surface area (Å²) in [6.45, 7) is 4.55. The number of hydrogen-bond acceptors (Lipinski definition) is 1. The van der Waals surface area contributed by atoms with E-state index < -0.39 is 0 Å². The molecule has 1 rings (SSSR count). The van der Waals surface area contributed by atoms with Crippen molar-refractivity contribution in [1.29, 1.82) is 0 Å². The number of rotatable bonds is 3. The molecule has 0 amide bonds. The van der Waals surface area contributed by atoms with Crippen LogP contribution in [0.5, 0.6) is 0 Å². The van der Waals surface area contributed by atoms with Crippen molar-refractivity contribution in [1.82, 2.24) is 0 Å². The molecule has 0 atom stereocenters. The van der Waals surface area contributed by atoms with Crippen LogP contribution in [0.4, 0.5) is 0 Å². The van der Waals surface area contributed by atoms with Gasteiger partial charge in [-0.15, -0.1) is 0 Å². The molecule has 0 unspecified atom stereocenters. The molecule has 0 aromatic heterocycles. The third-order valence-electron chi connectivity index (χ3n) is 1.47. The fraction of sp³-hybridized carbons (Fsp3) is 0.300. The molecule has 0 aliphatic rings. The Balaban J connectivity index is 2.57. The molecule has 0 bridgehead atoms. The molecule has 0 saturated heterocycles. The highest BCUT2D eigenvalue weighted by Crippen LogP contribution is 2.17. The maximum Gasteiger partial charge on any atom is 0.0914 e. The summed E-state index contributed by atoms with van der Waals surface area (Å²) in [7, 11) is 0. The highest BCUT2D eigenvalue weighted by atomic mass is 79.9. The van der Waals surface area contributed by atoms with E-state index in [0.717, 1.165) is 10.6 Å². The molecular weight excluding hydrogens is 216 g/mol. The Morgan fingerprint density at radius 2 is 2.00 bits per heavy atom. The largest absolute Gasteiger partial charge is 0.368 e. The zero-order valence-electron chi connectivity index (χ0n) is 7.30. The van der Waals surface area contributed by atoms with Crippen molar-refractivity contribution < 1.29 is 4.74 Å². The number of ether oxygens (including phenoxy) is 1. The van der Waals surface area contributed by atoms with Gasteiger partial charge in [0.15, 0.2) is 0 Å². The molecule has 0 heterocycles. The summed E-state index contributed by atoms with van der Waals surface area (Å²) in [6, 6.07) is 8.07. The van der Waals surface area contributed by atoms with Gasteiger partial charge in [-0.1, -0.05) is 34.1 Å². The Morgan fingerprint density at radius 3 is 2.58 bits per heavy atom. The lowest BCUT2D eigenvalue weighted by Gasteiger charge is -2.07. The van der Waals surface area contributed by atoms with E-state index >= 15 is 0 Å². The van der Waals surface area contributed by atoms with Gasteiger partial charge >= 0.3 is 0 Å². The lowest BCUT2D eigenvalue weighted by Crippen LogP contribution is -1.95. The maximum atomic E-state index is 5.40. The monoisotopic (exact) mass is 227 g/mol. The minimum atomic E-state index is 0.643. The van der Waals surface area contributed by atoms with Crippen LogP contribution < -0.4 is 0 Å². The topological polar surface area (TPSA) is 9.23 Å². The van der Waals surface area contributed by atoms with Crippen molar-refractivity contribution in [2.75, 3.05) is 0 Å². The van der Waals surface area contributed by atoms with E-state index in [2.05, 4.69) is 15.9 Å². The van der Waals surface area contributed by atoms with Gasteiger partial charge < -0.3 is 4.74 Å². The van der Waals surface area contributed by atoms with Crippen LogP contribution in [0.15, 0.2) is 28.7 Å². The molecule has 1 radical (unpaired) electrons. The third kappa shape index (κ3) is 2.95. The number of halogens is 1. The van der Waals surface area contributed by atoms with Gasteiger partial charge in [0, 0.05) is 4.47 Å². The second-order valence-corrected chi connectivity index (χ2v) is 3.64. The third-order valence-corrected chi connectivity index (χ3v) is 2.25. The van der Waals surface area contributed by atoms with E-state index in [1.54, 1.807) is 0 Å². The summed E-state index contributed by atoms with van der Waals surface area (Å²) in [6.07, 6.45) is 0.991. The first kappa shape index (κ1) is 9.75. The Labute approximate surface area is 81.9 Å². The van der Waals surface area contributed by atoms with E-state index in [0.29, 0.717) is 6.61 Å². The van der Waals surface area contributed by atoms with Crippen molar-refractivity contribution in [3.8, 4) is 0 Å². The molecular formula is C10H12BrO. The van der Waals surface area contributed by atoms with Crippen LogP contribution in [-0.4, -0.2) is 0 Å². The lowest BCUT2D eigenvalue weighted by molar-refractivity contribution is 0.142. The normalized spacial score (nSPS) is 10.7. The zero-order valence-corrected chi connectivity index (χ0v) is 8.89. The molecule has 1 aromatic rings. The molecule has 1 nitrogen and oxygen atoms in total. The fourth-order valence-corrected chi connectivity index (χ4v) is 1.24. The predicted molar refractivity (Wildman–Crippen MR) is 53.5 cm³/mol. The smallest absolute Gasteiger partial charge is 0.0914 e. The van der Waals surface area contributed by atoms with Crippen LogP contribution >= 0.6 is 15.9 Å². The Kier molecular flexibility index (Phi) is 3.76. The lowest BCUT2D eigenvalue weighted by atomic mass is 10.2.